The van der Waals surface area contributed by atoms with Crippen LogP contribution in [0.2, 0.25) is 0 Å². The van der Waals surface area contributed by atoms with Gasteiger partial charge in [0.2, 0.25) is 0 Å². The van der Waals surface area contributed by atoms with Gasteiger partial charge in [0.05, 0.1) is 0 Å². The monoisotopic (exact) mass is 286 g/mol. The SMILES string of the molecule is CC(C)(C)OC(=O)N1CC[C@H](CCC(=O)O)[C@@H](N)CC1. The molecule has 6 nitrogen and oxygen atoms in total. The van der Waals surface area contributed by atoms with Crippen LogP contribution in [0.4, 0.5) is 4.79 Å². The Kier molecular flexibility index (Phi) is 5.80. The zero-order valence-corrected chi connectivity index (χ0v) is 12.6. The van der Waals surface area contributed by atoms with E-state index >= 15 is 0 Å². The molecule has 3 N–H and O–H groups in total. The molecule has 116 valence electrons. The molecule has 1 aliphatic heterocycles. The fourth-order valence-corrected chi connectivity index (χ4v) is 2.36. The summed E-state index contributed by atoms with van der Waals surface area (Å²) < 4.78 is 5.35. The Morgan fingerprint density at radius 2 is 1.90 bits per heavy atom. The maximum absolute atomic E-state index is 12.0. The van der Waals surface area contributed by atoms with Gasteiger partial charge in [-0.2, -0.15) is 0 Å². The fourth-order valence-electron chi connectivity index (χ4n) is 2.36. The highest BCUT2D eigenvalue weighted by Crippen LogP contribution is 2.22. The molecule has 0 saturated carbocycles. The van der Waals surface area contributed by atoms with E-state index in [4.69, 9.17) is 15.6 Å². The molecular weight excluding hydrogens is 260 g/mol. The molecule has 0 spiro atoms. The number of hydrogen-bond acceptors (Lipinski definition) is 4. The Hall–Kier alpha value is -1.30. The number of carbonyl (C=O) groups excluding carboxylic acids is 1. The highest BCUT2D eigenvalue weighted by atomic mass is 16.6. The summed E-state index contributed by atoms with van der Waals surface area (Å²) in [6.45, 7) is 6.66. The van der Waals surface area contributed by atoms with Gasteiger partial charge >= 0.3 is 12.1 Å². The molecule has 1 saturated heterocycles. The zero-order chi connectivity index (χ0) is 15.3. The van der Waals surface area contributed by atoms with Crippen LogP contribution in [0.15, 0.2) is 0 Å². The standard InChI is InChI=1S/C14H26N2O4/c1-14(2,3)20-13(19)16-8-6-10(4-5-12(17)18)11(15)7-9-16/h10-11H,4-9,15H2,1-3H3,(H,17,18)/t10-,11-/m0/s1. The molecule has 0 aromatic carbocycles. The van der Waals surface area contributed by atoms with Gasteiger partial charge in [-0.05, 0) is 46.0 Å². The molecule has 2 atom stereocenters. The summed E-state index contributed by atoms with van der Waals surface area (Å²) in [4.78, 5) is 24.3. The molecule has 0 aromatic rings. The maximum Gasteiger partial charge on any atom is 0.410 e. The van der Waals surface area contributed by atoms with Gasteiger partial charge in [-0.3, -0.25) is 4.79 Å². The Labute approximate surface area is 120 Å². The lowest BCUT2D eigenvalue weighted by molar-refractivity contribution is -0.137. The second-order valence-electron chi connectivity index (χ2n) is 6.40. The van der Waals surface area contributed by atoms with Gasteiger partial charge in [0, 0.05) is 25.6 Å². The first-order valence-electron chi connectivity index (χ1n) is 7.14. The molecule has 1 amide bonds. The van der Waals surface area contributed by atoms with E-state index in [9.17, 15) is 9.59 Å². The number of likely N-dealkylation sites (tertiary alicyclic amines) is 1. The number of hydrogen-bond donors (Lipinski definition) is 2. The van der Waals surface area contributed by atoms with Crippen LogP contribution in [0, 0.1) is 5.92 Å². The molecule has 1 heterocycles. The van der Waals surface area contributed by atoms with Crippen LogP contribution < -0.4 is 5.73 Å². The van der Waals surface area contributed by atoms with Gasteiger partial charge in [0.15, 0.2) is 0 Å². The number of amides is 1. The third kappa shape index (κ3) is 5.77. The van der Waals surface area contributed by atoms with E-state index in [1.54, 1.807) is 4.90 Å². The first kappa shape index (κ1) is 16.8. The molecule has 1 rings (SSSR count). The van der Waals surface area contributed by atoms with Gasteiger partial charge in [-0.15, -0.1) is 0 Å². The minimum Gasteiger partial charge on any atom is -0.481 e. The largest absolute Gasteiger partial charge is 0.481 e. The molecule has 1 fully saturated rings. The average Bonchev–Trinajstić information content (AvgIpc) is 2.46. The van der Waals surface area contributed by atoms with E-state index in [2.05, 4.69) is 0 Å². The quantitative estimate of drug-likeness (QED) is 0.825. The molecule has 1 aliphatic rings. The maximum atomic E-state index is 12.0. The Morgan fingerprint density at radius 3 is 2.45 bits per heavy atom. The van der Waals surface area contributed by atoms with Crippen molar-refractivity contribution >= 4 is 12.1 Å². The minimum atomic E-state index is -0.801. The van der Waals surface area contributed by atoms with E-state index in [1.807, 2.05) is 20.8 Å². The molecule has 20 heavy (non-hydrogen) atoms. The van der Waals surface area contributed by atoms with E-state index in [-0.39, 0.29) is 24.5 Å². The number of aliphatic carboxylic acids is 1. The van der Waals surface area contributed by atoms with Crippen LogP contribution in [-0.4, -0.2) is 46.8 Å². The highest BCUT2D eigenvalue weighted by molar-refractivity contribution is 5.68. The summed E-state index contributed by atoms with van der Waals surface area (Å²) in [6, 6.07) is -0.0539. The third-order valence-electron chi connectivity index (χ3n) is 3.49. The second-order valence-corrected chi connectivity index (χ2v) is 6.40. The van der Waals surface area contributed by atoms with E-state index in [0.717, 1.165) is 6.42 Å². The predicted molar refractivity (Wildman–Crippen MR) is 75.4 cm³/mol. The van der Waals surface area contributed by atoms with Crippen molar-refractivity contribution < 1.29 is 19.4 Å². The summed E-state index contributed by atoms with van der Waals surface area (Å²) in [6.07, 6.45) is 1.80. The van der Waals surface area contributed by atoms with E-state index < -0.39 is 11.6 Å². The van der Waals surface area contributed by atoms with Gasteiger partial charge < -0.3 is 20.5 Å². The van der Waals surface area contributed by atoms with Crippen LogP contribution >= 0.6 is 0 Å². The number of nitrogens with two attached hydrogens (primary N) is 1. The van der Waals surface area contributed by atoms with Gasteiger partial charge in [-0.1, -0.05) is 0 Å². The molecule has 0 aromatic heterocycles. The highest BCUT2D eigenvalue weighted by Gasteiger charge is 2.28. The molecule has 6 heteroatoms. The molecule has 0 aliphatic carbocycles. The van der Waals surface area contributed by atoms with Crippen molar-refractivity contribution in [2.45, 2.75) is 58.1 Å². The molecule has 0 bridgehead atoms. The van der Waals surface area contributed by atoms with Gasteiger partial charge in [0.25, 0.3) is 0 Å². The minimum absolute atomic E-state index is 0.0539. The summed E-state index contributed by atoms with van der Waals surface area (Å²) in [5.74, 6) is -0.649. The molecule has 0 radical (unpaired) electrons. The average molecular weight is 286 g/mol. The lowest BCUT2D eigenvalue weighted by Gasteiger charge is -2.26. The van der Waals surface area contributed by atoms with Crippen molar-refractivity contribution in [2.75, 3.05) is 13.1 Å². The molecular formula is C14H26N2O4. The Balaban J connectivity index is 2.52. The number of carboxylic acid groups (broad SMARTS) is 1. The van der Waals surface area contributed by atoms with E-state index in [1.165, 1.54) is 0 Å². The van der Waals surface area contributed by atoms with Crippen LogP contribution in [0.25, 0.3) is 0 Å². The van der Waals surface area contributed by atoms with Gasteiger partial charge in [-0.25, -0.2) is 4.79 Å². The van der Waals surface area contributed by atoms with Crippen molar-refractivity contribution in [1.82, 2.24) is 4.90 Å². The number of ether oxygens (including phenoxy) is 1. The fraction of sp³-hybridized carbons (Fsp3) is 0.857. The smallest absolute Gasteiger partial charge is 0.410 e. The zero-order valence-electron chi connectivity index (χ0n) is 12.6. The summed E-state index contributed by atoms with van der Waals surface area (Å²) in [5.41, 5.74) is 5.58. The van der Waals surface area contributed by atoms with Crippen molar-refractivity contribution in [3.63, 3.8) is 0 Å². The number of carbonyl (C=O) groups is 2. The second kappa shape index (κ2) is 6.92. The van der Waals surface area contributed by atoms with E-state index in [0.29, 0.717) is 25.9 Å². The van der Waals surface area contributed by atoms with Crippen LogP contribution in [0.5, 0.6) is 0 Å². The summed E-state index contributed by atoms with van der Waals surface area (Å²) in [7, 11) is 0. The Morgan fingerprint density at radius 1 is 1.30 bits per heavy atom. The van der Waals surface area contributed by atoms with Crippen LogP contribution in [0.1, 0.15) is 46.5 Å². The lowest BCUT2D eigenvalue weighted by atomic mass is 9.91. The third-order valence-corrected chi connectivity index (χ3v) is 3.49. The first-order valence-corrected chi connectivity index (χ1v) is 7.14. The Bertz CT molecular complexity index is 352. The van der Waals surface area contributed by atoms with Crippen molar-refractivity contribution in [2.24, 2.45) is 11.7 Å². The molecule has 0 unspecified atom stereocenters. The summed E-state index contributed by atoms with van der Waals surface area (Å²) >= 11 is 0. The van der Waals surface area contributed by atoms with Gasteiger partial charge in [0.1, 0.15) is 5.60 Å². The van der Waals surface area contributed by atoms with Crippen molar-refractivity contribution in [1.29, 1.82) is 0 Å². The van der Waals surface area contributed by atoms with Crippen LogP contribution in [-0.2, 0) is 9.53 Å². The van der Waals surface area contributed by atoms with Crippen molar-refractivity contribution in [3.05, 3.63) is 0 Å². The van der Waals surface area contributed by atoms with Crippen molar-refractivity contribution in [3.8, 4) is 0 Å². The topological polar surface area (TPSA) is 92.9 Å². The number of nitrogens with zero attached hydrogens (tertiary/aromatic N) is 1. The normalized spacial score (nSPS) is 24.1. The first-order chi connectivity index (χ1) is 9.19. The van der Waals surface area contributed by atoms with Crippen LogP contribution in [0.3, 0.4) is 0 Å². The lowest BCUT2D eigenvalue weighted by Crippen LogP contribution is -2.37. The summed E-state index contributed by atoms with van der Waals surface area (Å²) in [5, 5.41) is 8.74. The predicted octanol–water partition coefficient (Wildman–Crippen LogP) is 1.83. The number of rotatable bonds is 3. The number of carboxylic acids is 1.